The van der Waals surface area contributed by atoms with Gasteiger partial charge >= 0.3 is 0 Å². The molecule has 88 valence electrons. The highest BCUT2D eigenvalue weighted by atomic mass is 16.2. The second-order valence-corrected chi connectivity index (χ2v) is 4.15. The Hall–Kier alpha value is -1.98. The summed E-state index contributed by atoms with van der Waals surface area (Å²) in [4.78, 5) is 21.5. The number of aromatic nitrogens is 4. The number of hydrogen-bond acceptors (Lipinski definition) is 4. The van der Waals surface area contributed by atoms with Crippen molar-refractivity contribution in [3.63, 3.8) is 0 Å². The molecular formula is C11H13N5O. The van der Waals surface area contributed by atoms with Gasteiger partial charge in [0.2, 0.25) is 5.91 Å². The Balaban J connectivity index is 1.74. The van der Waals surface area contributed by atoms with Crippen molar-refractivity contribution in [2.75, 3.05) is 13.1 Å². The molecule has 0 bridgehead atoms. The molecule has 0 saturated carbocycles. The maximum absolute atomic E-state index is 11.5. The van der Waals surface area contributed by atoms with Crippen LogP contribution < -0.4 is 0 Å². The quantitative estimate of drug-likeness (QED) is 0.769. The van der Waals surface area contributed by atoms with Gasteiger partial charge in [-0.2, -0.15) is 5.10 Å². The van der Waals surface area contributed by atoms with Gasteiger partial charge in [-0.1, -0.05) is 0 Å². The summed E-state index contributed by atoms with van der Waals surface area (Å²) in [7, 11) is 0. The maximum Gasteiger partial charge on any atom is 0.222 e. The fourth-order valence-corrected chi connectivity index (χ4v) is 2.15. The minimum atomic E-state index is 0.246. The van der Waals surface area contributed by atoms with Gasteiger partial charge in [-0.25, -0.2) is 14.6 Å². The molecular weight excluding hydrogens is 218 g/mol. The Kier molecular flexibility index (Phi) is 2.47. The van der Waals surface area contributed by atoms with Gasteiger partial charge in [0.15, 0.2) is 5.65 Å². The topological polar surface area (TPSA) is 63.9 Å². The molecule has 2 aromatic rings. The highest BCUT2D eigenvalue weighted by Crippen LogP contribution is 2.11. The Labute approximate surface area is 98.3 Å². The Bertz CT molecular complexity index is 550. The highest BCUT2D eigenvalue weighted by molar-refractivity contribution is 5.78. The van der Waals surface area contributed by atoms with Crippen molar-refractivity contribution in [3.05, 3.63) is 18.7 Å². The first-order chi connectivity index (χ1) is 8.34. The number of amides is 1. The molecule has 2 aromatic heterocycles. The Morgan fingerprint density at radius 2 is 2.24 bits per heavy atom. The van der Waals surface area contributed by atoms with E-state index in [2.05, 4.69) is 15.1 Å². The predicted octanol–water partition coefficient (Wildman–Crippen LogP) is 0.449. The summed E-state index contributed by atoms with van der Waals surface area (Å²) in [6.45, 7) is 2.26. The van der Waals surface area contributed by atoms with Crippen LogP contribution in [-0.2, 0) is 11.3 Å². The lowest BCUT2D eigenvalue weighted by atomic mass is 10.4. The van der Waals surface area contributed by atoms with Gasteiger partial charge in [0, 0.05) is 25.7 Å². The fraction of sp³-hybridized carbons (Fsp3) is 0.455. The summed E-state index contributed by atoms with van der Waals surface area (Å²) >= 11 is 0. The Morgan fingerprint density at radius 3 is 3.06 bits per heavy atom. The van der Waals surface area contributed by atoms with E-state index in [0.717, 1.165) is 24.0 Å². The zero-order valence-electron chi connectivity index (χ0n) is 9.41. The SMILES string of the molecule is O=C1CCCN1CCn1ncc2cncnc21. The summed E-state index contributed by atoms with van der Waals surface area (Å²) < 4.78 is 1.82. The molecule has 0 aromatic carbocycles. The first-order valence-electron chi connectivity index (χ1n) is 5.74. The fourth-order valence-electron chi connectivity index (χ4n) is 2.15. The lowest BCUT2D eigenvalue weighted by Gasteiger charge is -2.15. The minimum absolute atomic E-state index is 0.246. The molecule has 0 N–H and O–H groups in total. The predicted molar refractivity (Wildman–Crippen MR) is 61.1 cm³/mol. The van der Waals surface area contributed by atoms with Crippen LogP contribution in [0.5, 0.6) is 0 Å². The zero-order chi connectivity index (χ0) is 11.7. The number of likely N-dealkylation sites (tertiary alicyclic amines) is 1. The molecule has 1 aliphatic rings. The lowest BCUT2D eigenvalue weighted by molar-refractivity contribution is -0.127. The van der Waals surface area contributed by atoms with E-state index in [9.17, 15) is 4.79 Å². The van der Waals surface area contributed by atoms with Crippen LogP contribution in [0.15, 0.2) is 18.7 Å². The van der Waals surface area contributed by atoms with Crippen LogP contribution in [-0.4, -0.2) is 43.6 Å². The van der Waals surface area contributed by atoms with Crippen LogP contribution in [0.25, 0.3) is 11.0 Å². The summed E-state index contributed by atoms with van der Waals surface area (Å²) in [5.74, 6) is 0.246. The third-order valence-corrected chi connectivity index (χ3v) is 3.05. The van der Waals surface area contributed by atoms with Crippen LogP contribution in [0.2, 0.25) is 0 Å². The standard InChI is InChI=1S/C11H13N5O/c17-10-2-1-3-15(10)4-5-16-11-9(7-14-16)6-12-8-13-11/h6-8H,1-5H2. The van der Waals surface area contributed by atoms with Gasteiger partial charge in [0.1, 0.15) is 6.33 Å². The van der Waals surface area contributed by atoms with Gasteiger partial charge in [-0.15, -0.1) is 0 Å². The van der Waals surface area contributed by atoms with Crippen LogP contribution in [0.1, 0.15) is 12.8 Å². The van der Waals surface area contributed by atoms with Crippen molar-refractivity contribution < 1.29 is 4.79 Å². The molecule has 1 saturated heterocycles. The first kappa shape index (κ1) is 10.2. The molecule has 0 aliphatic carbocycles. The summed E-state index contributed by atoms with van der Waals surface area (Å²) in [5.41, 5.74) is 0.826. The number of carbonyl (C=O) groups is 1. The largest absolute Gasteiger partial charge is 0.341 e. The highest BCUT2D eigenvalue weighted by Gasteiger charge is 2.19. The molecule has 0 unspecified atom stereocenters. The van der Waals surface area contributed by atoms with Crippen LogP contribution >= 0.6 is 0 Å². The Morgan fingerprint density at radius 1 is 1.29 bits per heavy atom. The molecule has 3 heterocycles. The molecule has 0 radical (unpaired) electrons. The minimum Gasteiger partial charge on any atom is -0.341 e. The van der Waals surface area contributed by atoms with Crippen molar-refractivity contribution in [3.8, 4) is 0 Å². The third kappa shape index (κ3) is 1.86. The van der Waals surface area contributed by atoms with Gasteiger partial charge in [0.25, 0.3) is 0 Å². The summed E-state index contributed by atoms with van der Waals surface area (Å²) in [6, 6.07) is 0. The molecule has 6 nitrogen and oxygen atoms in total. The monoisotopic (exact) mass is 231 g/mol. The van der Waals surface area contributed by atoms with Gasteiger partial charge < -0.3 is 4.90 Å². The van der Waals surface area contributed by atoms with E-state index in [-0.39, 0.29) is 5.91 Å². The van der Waals surface area contributed by atoms with Crippen LogP contribution in [0, 0.1) is 0 Å². The van der Waals surface area contributed by atoms with E-state index in [4.69, 9.17) is 0 Å². The lowest BCUT2D eigenvalue weighted by Crippen LogP contribution is -2.28. The number of fused-ring (bicyclic) bond motifs is 1. The van der Waals surface area contributed by atoms with Crippen LogP contribution in [0.3, 0.4) is 0 Å². The van der Waals surface area contributed by atoms with E-state index in [1.807, 2.05) is 9.58 Å². The number of rotatable bonds is 3. The van der Waals surface area contributed by atoms with Crippen molar-refractivity contribution in [2.24, 2.45) is 0 Å². The van der Waals surface area contributed by atoms with Crippen molar-refractivity contribution in [2.45, 2.75) is 19.4 Å². The molecule has 1 fully saturated rings. The summed E-state index contributed by atoms with van der Waals surface area (Å²) in [6.07, 6.45) is 6.67. The molecule has 0 atom stereocenters. The average Bonchev–Trinajstić information content (AvgIpc) is 2.93. The van der Waals surface area contributed by atoms with Gasteiger partial charge in [-0.3, -0.25) is 4.79 Å². The maximum atomic E-state index is 11.5. The van der Waals surface area contributed by atoms with Gasteiger partial charge in [0.05, 0.1) is 18.1 Å². The second kappa shape index (κ2) is 4.12. The van der Waals surface area contributed by atoms with E-state index < -0.39 is 0 Å². The molecule has 6 heteroatoms. The third-order valence-electron chi connectivity index (χ3n) is 3.05. The smallest absolute Gasteiger partial charge is 0.222 e. The van der Waals surface area contributed by atoms with Crippen molar-refractivity contribution >= 4 is 16.9 Å². The van der Waals surface area contributed by atoms with E-state index >= 15 is 0 Å². The molecule has 1 aliphatic heterocycles. The number of nitrogens with zero attached hydrogens (tertiary/aromatic N) is 5. The molecule has 17 heavy (non-hydrogen) atoms. The van der Waals surface area contributed by atoms with E-state index in [0.29, 0.717) is 19.5 Å². The average molecular weight is 231 g/mol. The van der Waals surface area contributed by atoms with Crippen molar-refractivity contribution in [1.82, 2.24) is 24.6 Å². The summed E-state index contributed by atoms with van der Waals surface area (Å²) in [5, 5.41) is 5.19. The van der Waals surface area contributed by atoms with E-state index in [1.54, 1.807) is 12.4 Å². The number of hydrogen-bond donors (Lipinski definition) is 0. The van der Waals surface area contributed by atoms with E-state index in [1.165, 1.54) is 6.33 Å². The van der Waals surface area contributed by atoms with Crippen LogP contribution in [0.4, 0.5) is 0 Å². The second-order valence-electron chi connectivity index (χ2n) is 4.15. The van der Waals surface area contributed by atoms with Gasteiger partial charge in [-0.05, 0) is 6.42 Å². The molecule has 3 rings (SSSR count). The van der Waals surface area contributed by atoms with Crippen molar-refractivity contribution in [1.29, 1.82) is 0 Å². The first-order valence-corrected chi connectivity index (χ1v) is 5.74. The zero-order valence-corrected chi connectivity index (χ0v) is 9.41. The molecule has 0 spiro atoms. The number of carbonyl (C=O) groups excluding carboxylic acids is 1. The normalized spacial score (nSPS) is 16.0. The molecule has 1 amide bonds.